The van der Waals surface area contributed by atoms with E-state index in [1.54, 1.807) is 6.92 Å². The van der Waals surface area contributed by atoms with Crippen LogP contribution in [0.3, 0.4) is 0 Å². The minimum atomic E-state index is -3.27. The Balaban J connectivity index is 4.52. The molecule has 0 rings (SSSR count). The molecule has 0 radical (unpaired) electrons. The van der Waals surface area contributed by atoms with Gasteiger partial charge in [-0.05, 0) is 13.3 Å². The summed E-state index contributed by atoms with van der Waals surface area (Å²) >= 11 is 0. The van der Waals surface area contributed by atoms with E-state index in [1.165, 1.54) is 21.3 Å². The standard InChI is InChI=1S/C10H20O5Si/c1-6-7-8-9(2)10(11)15-16(12-3,13-4)14-5/h8H,6-7H2,1-5H3/b9-8+. The van der Waals surface area contributed by atoms with Crippen LogP contribution in [0.1, 0.15) is 26.7 Å². The summed E-state index contributed by atoms with van der Waals surface area (Å²) < 4.78 is 20.1. The molecule has 0 spiro atoms. The van der Waals surface area contributed by atoms with E-state index < -0.39 is 15.0 Å². The highest BCUT2D eigenvalue weighted by molar-refractivity contribution is 6.55. The average Bonchev–Trinajstić information content (AvgIpc) is 2.32. The van der Waals surface area contributed by atoms with Crippen molar-refractivity contribution in [1.82, 2.24) is 0 Å². The second-order valence-corrected chi connectivity index (χ2v) is 5.61. The normalized spacial score (nSPS) is 12.7. The molecule has 0 bridgehead atoms. The fraction of sp³-hybridized carbons (Fsp3) is 0.700. The highest BCUT2D eigenvalue weighted by Gasteiger charge is 2.47. The van der Waals surface area contributed by atoms with Crippen LogP contribution in [0.5, 0.6) is 0 Å². The lowest BCUT2D eigenvalue weighted by Crippen LogP contribution is -2.48. The Labute approximate surface area is 97.8 Å². The Hall–Kier alpha value is -0.693. The molecule has 0 atom stereocenters. The number of allylic oxidation sites excluding steroid dienone is 1. The van der Waals surface area contributed by atoms with E-state index in [1.807, 2.05) is 13.0 Å². The summed E-state index contributed by atoms with van der Waals surface area (Å²) in [6, 6.07) is 0. The first-order chi connectivity index (χ1) is 7.55. The molecule has 0 fully saturated rings. The van der Waals surface area contributed by atoms with Crippen LogP contribution in [0.15, 0.2) is 11.6 Å². The van der Waals surface area contributed by atoms with Crippen molar-refractivity contribution in [2.75, 3.05) is 21.3 Å². The molecule has 0 heterocycles. The van der Waals surface area contributed by atoms with E-state index in [9.17, 15) is 4.79 Å². The summed E-state index contributed by atoms with van der Waals surface area (Å²) in [6.07, 6.45) is 3.64. The van der Waals surface area contributed by atoms with E-state index in [-0.39, 0.29) is 0 Å². The van der Waals surface area contributed by atoms with Crippen molar-refractivity contribution in [2.45, 2.75) is 26.7 Å². The molecule has 6 heteroatoms. The molecule has 0 unspecified atom stereocenters. The van der Waals surface area contributed by atoms with E-state index in [2.05, 4.69) is 0 Å². The maximum Gasteiger partial charge on any atom is 0.751 e. The molecule has 0 aromatic carbocycles. The quantitative estimate of drug-likeness (QED) is 0.506. The summed E-state index contributed by atoms with van der Waals surface area (Å²) in [5, 5.41) is 0. The number of carbonyl (C=O) groups excluding carboxylic acids is 1. The van der Waals surface area contributed by atoms with Crippen molar-refractivity contribution in [1.29, 1.82) is 0 Å². The molecule has 16 heavy (non-hydrogen) atoms. The Morgan fingerprint density at radius 1 is 1.19 bits per heavy atom. The second-order valence-electron chi connectivity index (χ2n) is 3.18. The summed E-state index contributed by atoms with van der Waals surface area (Å²) in [5.74, 6) is -0.467. The molecule has 0 saturated carbocycles. The smallest absolute Gasteiger partial charge is 0.448 e. The molecule has 94 valence electrons. The topological polar surface area (TPSA) is 54.0 Å². The Morgan fingerprint density at radius 3 is 2.06 bits per heavy atom. The van der Waals surface area contributed by atoms with Gasteiger partial charge in [0.05, 0.1) is 0 Å². The lowest BCUT2D eigenvalue weighted by atomic mass is 10.2. The van der Waals surface area contributed by atoms with Gasteiger partial charge in [0, 0.05) is 26.9 Å². The zero-order valence-electron chi connectivity index (χ0n) is 10.5. The number of carbonyl (C=O) groups is 1. The third kappa shape index (κ3) is 4.44. The lowest BCUT2D eigenvalue weighted by molar-refractivity contribution is -0.138. The summed E-state index contributed by atoms with van der Waals surface area (Å²) in [4.78, 5) is 11.6. The summed E-state index contributed by atoms with van der Waals surface area (Å²) in [6.45, 7) is 3.73. The van der Waals surface area contributed by atoms with Gasteiger partial charge in [-0.2, -0.15) is 0 Å². The van der Waals surface area contributed by atoms with Crippen LogP contribution >= 0.6 is 0 Å². The molecular weight excluding hydrogens is 228 g/mol. The fourth-order valence-corrected chi connectivity index (χ4v) is 2.15. The summed E-state index contributed by atoms with van der Waals surface area (Å²) in [7, 11) is 0.887. The first-order valence-electron chi connectivity index (χ1n) is 5.10. The van der Waals surface area contributed by atoms with Gasteiger partial charge in [-0.15, -0.1) is 0 Å². The largest absolute Gasteiger partial charge is 0.751 e. The van der Waals surface area contributed by atoms with Gasteiger partial charge in [-0.1, -0.05) is 19.4 Å². The number of hydrogen-bond acceptors (Lipinski definition) is 5. The number of hydrogen-bond donors (Lipinski definition) is 0. The fourth-order valence-electron chi connectivity index (χ4n) is 1.01. The lowest BCUT2D eigenvalue weighted by Gasteiger charge is -2.22. The van der Waals surface area contributed by atoms with E-state index in [4.69, 9.17) is 17.7 Å². The number of rotatable bonds is 7. The molecule has 0 N–H and O–H groups in total. The first kappa shape index (κ1) is 15.3. The van der Waals surface area contributed by atoms with Gasteiger partial charge < -0.3 is 17.7 Å². The van der Waals surface area contributed by atoms with Crippen LogP contribution in [-0.4, -0.2) is 36.3 Å². The molecular formula is C10H20O5Si. The molecule has 0 aliphatic rings. The van der Waals surface area contributed by atoms with Crippen LogP contribution < -0.4 is 0 Å². The highest BCUT2D eigenvalue weighted by atomic mass is 28.4. The van der Waals surface area contributed by atoms with Gasteiger partial charge >= 0.3 is 15.0 Å². The molecule has 0 amide bonds. The summed E-state index contributed by atoms with van der Waals surface area (Å²) in [5.41, 5.74) is 0.532. The predicted molar refractivity (Wildman–Crippen MR) is 61.5 cm³/mol. The third-order valence-electron chi connectivity index (χ3n) is 2.03. The van der Waals surface area contributed by atoms with Gasteiger partial charge in [0.25, 0.3) is 0 Å². The van der Waals surface area contributed by atoms with Crippen molar-refractivity contribution in [2.24, 2.45) is 0 Å². The molecule has 0 aliphatic heterocycles. The van der Waals surface area contributed by atoms with Crippen molar-refractivity contribution < 1.29 is 22.5 Å². The van der Waals surface area contributed by atoms with Gasteiger partial charge in [0.15, 0.2) is 0 Å². The monoisotopic (exact) mass is 248 g/mol. The van der Waals surface area contributed by atoms with Gasteiger partial charge in [0.1, 0.15) is 0 Å². The maximum absolute atomic E-state index is 11.6. The zero-order valence-corrected chi connectivity index (χ0v) is 11.5. The molecule has 0 aromatic heterocycles. The van der Waals surface area contributed by atoms with Crippen molar-refractivity contribution >= 4 is 15.0 Å². The predicted octanol–water partition coefficient (Wildman–Crippen LogP) is 1.65. The molecule has 0 saturated heterocycles. The van der Waals surface area contributed by atoms with Crippen molar-refractivity contribution in [3.8, 4) is 0 Å². The van der Waals surface area contributed by atoms with E-state index >= 15 is 0 Å². The maximum atomic E-state index is 11.6. The van der Waals surface area contributed by atoms with E-state index in [0.29, 0.717) is 5.57 Å². The molecule has 0 aliphatic carbocycles. The van der Waals surface area contributed by atoms with E-state index in [0.717, 1.165) is 12.8 Å². The molecule has 0 aromatic rings. The van der Waals surface area contributed by atoms with Gasteiger partial charge in [-0.3, -0.25) is 0 Å². The van der Waals surface area contributed by atoms with Crippen LogP contribution in [0.4, 0.5) is 0 Å². The first-order valence-corrected chi connectivity index (χ1v) is 6.74. The number of unbranched alkanes of at least 4 members (excludes halogenated alkanes) is 1. The van der Waals surface area contributed by atoms with Crippen LogP contribution in [0.2, 0.25) is 0 Å². The Bertz CT molecular complexity index is 239. The van der Waals surface area contributed by atoms with Crippen molar-refractivity contribution in [3.63, 3.8) is 0 Å². The zero-order chi connectivity index (χ0) is 12.6. The van der Waals surface area contributed by atoms with Gasteiger partial charge in [-0.25, -0.2) is 4.79 Å². The average molecular weight is 248 g/mol. The van der Waals surface area contributed by atoms with Gasteiger partial charge in [0.2, 0.25) is 0 Å². The highest BCUT2D eigenvalue weighted by Crippen LogP contribution is 2.11. The minimum Gasteiger partial charge on any atom is -0.448 e. The van der Waals surface area contributed by atoms with Crippen LogP contribution in [-0.2, 0) is 22.5 Å². The SMILES string of the molecule is CCC/C=C(\C)C(=O)O[Si](OC)(OC)OC. The minimum absolute atomic E-state index is 0.467. The Kier molecular flexibility index (Phi) is 7.23. The van der Waals surface area contributed by atoms with Crippen molar-refractivity contribution in [3.05, 3.63) is 11.6 Å². The Morgan fingerprint density at radius 2 is 1.69 bits per heavy atom. The molecule has 5 nitrogen and oxygen atoms in total. The van der Waals surface area contributed by atoms with Crippen LogP contribution in [0.25, 0.3) is 0 Å². The van der Waals surface area contributed by atoms with Crippen LogP contribution in [0, 0.1) is 0 Å². The second kappa shape index (κ2) is 7.56. The third-order valence-corrected chi connectivity index (χ3v) is 3.96.